The van der Waals surface area contributed by atoms with Crippen LogP contribution in [0.4, 0.5) is 18.9 Å². The Bertz CT molecular complexity index is 1090. The number of benzene rings is 2. The highest BCUT2D eigenvalue weighted by atomic mass is 35.5. The van der Waals surface area contributed by atoms with Gasteiger partial charge in [0.25, 0.3) is 5.56 Å². The van der Waals surface area contributed by atoms with Crippen LogP contribution in [0.1, 0.15) is 5.56 Å². The molecule has 0 saturated carbocycles. The summed E-state index contributed by atoms with van der Waals surface area (Å²) in [6.07, 6.45) is -4.50. The van der Waals surface area contributed by atoms with Crippen LogP contribution >= 0.6 is 23.4 Å². The topological polar surface area (TPSA) is 87.7 Å². The molecule has 0 aliphatic carbocycles. The van der Waals surface area contributed by atoms with Gasteiger partial charge >= 0.3 is 6.18 Å². The number of nitrogens with zero attached hydrogens (tertiary/aromatic N) is 2. The normalized spacial score (nSPS) is 11.3. The molecule has 11 heteroatoms. The summed E-state index contributed by atoms with van der Waals surface area (Å²) in [5.41, 5.74) is -0.719. The number of halogens is 4. The van der Waals surface area contributed by atoms with E-state index in [9.17, 15) is 22.8 Å². The number of H-pyrrole nitrogens is 1. The van der Waals surface area contributed by atoms with Gasteiger partial charge in [-0.1, -0.05) is 41.6 Å². The Kier molecular flexibility index (Phi) is 6.23. The summed E-state index contributed by atoms with van der Waals surface area (Å²) < 4.78 is 38.1. The van der Waals surface area contributed by atoms with E-state index < -0.39 is 23.2 Å². The first-order chi connectivity index (χ1) is 13.7. The number of aromatic amines is 1. The molecule has 1 aromatic heterocycles. The zero-order valence-electron chi connectivity index (χ0n) is 14.5. The van der Waals surface area contributed by atoms with Crippen LogP contribution in [-0.2, 0) is 11.0 Å². The molecule has 0 spiro atoms. The molecular formula is C18H12ClF3N4O2S. The molecule has 0 unspecified atom stereocenters. The van der Waals surface area contributed by atoms with Crippen LogP contribution in [0.3, 0.4) is 0 Å². The summed E-state index contributed by atoms with van der Waals surface area (Å²) in [6, 6.07) is 10.8. The average molecular weight is 441 g/mol. The number of alkyl halides is 3. The second-order valence-electron chi connectivity index (χ2n) is 5.73. The van der Waals surface area contributed by atoms with Crippen molar-refractivity contribution < 1.29 is 18.0 Å². The molecule has 150 valence electrons. The smallest absolute Gasteiger partial charge is 0.325 e. The van der Waals surface area contributed by atoms with Gasteiger partial charge in [-0.15, -0.1) is 10.2 Å². The molecule has 0 atom stereocenters. The molecular weight excluding hydrogens is 429 g/mol. The monoisotopic (exact) mass is 440 g/mol. The third-order valence-electron chi connectivity index (χ3n) is 3.61. The van der Waals surface area contributed by atoms with Gasteiger partial charge in [0.1, 0.15) is 0 Å². The maximum Gasteiger partial charge on any atom is 0.416 e. The lowest BCUT2D eigenvalue weighted by molar-refractivity contribution is -0.137. The van der Waals surface area contributed by atoms with Gasteiger partial charge in [0.05, 0.1) is 11.3 Å². The number of carbonyl (C=O) groups is 1. The Hall–Kier alpha value is -2.85. The highest BCUT2D eigenvalue weighted by Gasteiger charge is 2.30. The Labute approximate surface area is 171 Å². The molecule has 0 bridgehead atoms. The molecule has 2 N–H and O–H groups in total. The first-order valence-electron chi connectivity index (χ1n) is 8.05. The van der Waals surface area contributed by atoms with Crippen molar-refractivity contribution in [3.63, 3.8) is 0 Å². The van der Waals surface area contributed by atoms with E-state index in [1.807, 2.05) is 0 Å². The van der Waals surface area contributed by atoms with E-state index in [0.717, 1.165) is 23.9 Å². The maximum absolute atomic E-state index is 12.7. The molecule has 1 heterocycles. The zero-order valence-corrected chi connectivity index (χ0v) is 16.0. The van der Waals surface area contributed by atoms with Gasteiger partial charge in [0.2, 0.25) is 5.91 Å². The number of nitrogens with one attached hydrogen (secondary N) is 2. The van der Waals surface area contributed by atoms with Crippen LogP contribution in [0, 0.1) is 0 Å². The highest BCUT2D eigenvalue weighted by Crippen LogP contribution is 2.30. The molecule has 29 heavy (non-hydrogen) atoms. The van der Waals surface area contributed by atoms with E-state index in [2.05, 4.69) is 20.5 Å². The minimum Gasteiger partial charge on any atom is -0.325 e. The highest BCUT2D eigenvalue weighted by molar-refractivity contribution is 7.99. The second kappa shape index (κ2) is 8.66. The van der Waals surface area contributed by atoms with Crippen LogP contribution < -0.4 is 10.9 Å². The number of rotatable bonds is 5. The lowest BCUT2D eigenvalue weighted by Crippen LogP contribution is -2.17. The van der Waals surface area contributed by atoms with Crippen LogP contribution in [0.25, 0.3) is 11.3 Å². The first-order valence-corrected chi connectivity index (χ1v) is 9.41. The van der Waals surface area contributed by atoms with Crippen LogP contribution in [0.2, 0.25) is 5.02 Å². The van der Waals surface area contributed by atoms with Gasteiger partial charge in [-0.2, -0.15) is 13.2 Å². The lowest BCUT2D eigenvalue weighted by atomic mass is 10.2. The summed E-state index contributed by atoms with van der Waals surface area (Å²) in [5.74, 6) is -0.736. The van der Waals surface area contributed by atoms with Crippen LogP contribution in [0.15, 0.2) is 58.5 Å². The Balaban J connectivity index is 1.63. The first kappa shape index (κ1) is 20.9. The summed E-state index contributed by atoms with van der Waals surface area (Å²) in [7, 11) is 0. The molecule has 1 amide bonds. The van der Waals surface area contributed by atoms with Crippen molar-refractivity contribution in [2.45, 2.75) is 11.3 Å². The minimum atomic E-state index is -4.50. The molecule has 3 aromatic rings. The fraction of sp³-hybridized carbons (Fsp3) is 0.111. The average Bonchev–Trinajstić information content (AvgIpc) is 2.67. The second-order valence-corrected chi connectivity index (χ2v) is 7.13. The number of thioether (sulfide) groups is 1. The summed E-state index contributed by atoms with van der Waals surface area (Å²) in [6.45, 7) is 0. The predicted octanol–water partition coefficient (Wildman–Crippen LogP) is 4.23. The lowest BCUT2D eigenvalue weighted by Gasteiger charge is -2.09. The van der Waals surface area contributed by atoms with E-state index >= 15 is 0 Å². The van der Waals surface area contributed by atoms with Crippen molar-refractivity contribution >= 4 is 35.0 Å². The van der Waals surface area contributed by atoms with Crippen molar-refractivity contribution in [1.82, 2.24) is 15.2 Å². The molecule has 0 aliphatic heterocycles. The largest absolute Gasteiger partial charge is 0.416 e. The number of hydrogen-bond acceptors (Lipinski definition) is 5. The number of aromatic nitrogens is 3. The fourth-order valence-electron chi connectivity index (χ4n) is 2.29. The number of anilines is 1. The fourth-order valence-corrected chi connectivity index (χ4v) is 3.02. The quantitative estimate of drug-likeness (QED) is 0.579. The van der Waals surface area contributed by atoms with E-state index in [0.29, 0.717) is 10.6 Å². The third-order valence-corrected chi connectivity index (χ3v) is 4.72. The predicted molar refractivity (Wildman–Crippen MR) is 104 cm³/mol. The van der Waals surface area contributed by atoms with Gasteiger partial charge in [0, 0.05) is 16.3 Å². The molecule has 2 aromatic carbocycles. The van der Waals surface area contributed by atoms with Gasteiger partial charge in [0.15, 0.2) is 10.9 Å². The molecule has 6 nitrogen and oxygen atoms in total. The maximum atomic E-state index is 12.7. The van der Waals surface area contributed by atoms with E-state index in [1.54, 1.807) is 24.3 Å². The van der Waals surface area contributed by atoms with Gasteiger partial charge in [-0.05, 0) is 30.3 Å². The molecule has 0 radical (unpaired) electrons. The van der Waals surface area contributed by atoms with Crippen molar-refractivity contribution in [1.29, 1.82) is 0 Å². The van der Waals surface area contributed by atoms with Crippen molar-refractivity contribution in [3.05, 3.63) is 69.5 Å². The van der Waals surface area contributed by atoms with E-state index in [1.165, 1.54) is 12.1 Å². The Morgan fingerprint density at radius 2 is 1.86 bits per heavy atom. The summed E-state index contributed by atoms with van der Waals surface area (Å²) in [4.78, 5) is 26.7. The van der Waals surface area contributed by atoms with Crippen LogP contribution in [0.5, 0.6) is 0 Å². The van der Waals surface area contributed by atoms with Gasteiger partial charge < -0.3 is 5.32 Å². The van der Waals surface area contributed by atoms with Crippen molar-refractivity contribution in [3.8, 4) is 11.3 Å². The molecule has 3 rings (SSSR count). The number of amides is 1. The SMILES string of the molecule is O=C(CSc1nnc(-c2ccc(Cl)cc2)c(=O)[nH]1)Nc1cccc(C(F)(F)F)c1. The van der Waals surface area contributed by atoms with E-state index in [4.69, 9.17) is 11.6 Å². The Morgan fingerprint density at radius 1 is 1.14 bits per heavy atom. The van der Waals surface area contributed by atoms with Crippen molar-refractivity contribution in [2.75, 3.05) is 11.1 Å². The molecule has 0 fully saturated rings. The number of carbonyl (C=O) groups excluding carboxylic acids is 1. The zero-order chi connectivity index (χ0) is 21.0. The minimum absolute atomic E-state index is 0.0167. The molecule has 0 saturated heterocycles. The third kappa shape index (κ3) is 5.58. The Morgan fingerprint density at radius 3 is 2.52 bits per heavy atom. The van der Waals surface area contributed by atoms with Gasteiger partial charge in [-0.3, -0.25) is 14.6 Å². The standard InChI is InChI=1S/C18H12ClF3N4O2S/c19-12-6-4-10(5-7-12)15-16(28)24-17(26-25-15)29-9-14(27)23-13-3-1-2-11(8-13)18(20,21)22/h1-8H,9H2,(H,23,27)(H,24,26,28). The van der Waals surface area contributed by atoms with Crippen molar-refractivity contribution in [2.24, 2.45) is 0 Å². The van der Waals surface area contributed by atoms with Gasteiger partial charge in [-0.25, -0.2) is 0 Å². The van der Waals surface area contributed by atoms with E-state index in [-0.39, 0.29) is 22.3 Å². The summed E-state index contributed by atoms with van der Waals surface area (Å²) >= 11 is 6.70. The molecule has 0 aliphatic rings. The number of hydrogen-bond donors (Lipinski definition) is 2. The van der Waals surface area contributed by atoms with Crippen LogP contribution in [-0.4, -0.2) is 26.8 Å². The summed E-state index contributed by atoms with van der Waals surface area (Å²) in [5, 5.41) is 10.7.